The molecule has 1 aliphatic rings. The molecule has 4 nitrogen and oxygen atoms in total. The van der Waals surface area contributed by atoms with Gasteiger partial charge in [0.15, 0.2) is 0 Å². The van der Waals surface area contributed by atoms with Gasteiger partial charge in [-0.3, -0.25) is 0 Å². The van der Waals surface area contributed by atoms with Crippen molar-refractivity contribution in [2.45, 2.75) is 64.3 Å². The number of halogens is 1. The second-order valence-electron chi connectivity index (χ2n) is 6.38. The molecule has 2 N–H and O–H groups in total. The molecule has 0 aromatic carbocycles. The predicted molar refractivity (Wildman–Crippen MR) is 89.7 cm³/mol. The molecule has 0 spiro atoms. The summed E-state index contributed by atoms with van der Waals surface area (Å²) in [7, 11) is 0. The Hall–Kier alpha value is -0.590. The Morgan fingerprint density at radius 3 is 2.71 bits per heavy atom. The van der Waals surface area contributed by atoms with Crippen LogP contribution < -0.4 is 10.6 Å². The molecule has 2 unspecified atom stereocenters. The standard InChI is InChI=1S/C15H23BrN2O2S/c1-15(2,3)20-14(19)18-12-6-4-5-11(12)17-9-10-7-8-13(16)21-10/h7-8,11-12,17H,4-6,9H2,1-3H3,(H,18,19). The highest BCUT2D eigenvalue weighted by molar-refractivity contribution is 9.11. The zero-order valence-electron chi connectivity index (χ0n) is 12.7. The van der Waals surface area contributed by atoms with Crippen molar-refractivity contribution in [1.29, 1.82) is 0 Å². The summed E-state index contributed by atoms with van der Waals surface area (Å²) in [5.74, 6) is 0. The first-order valence-corrected chi connectivity index (χ1v) is 8.91. The first-order chi connectivity index (χ1) is 9.83. The average molecular weight is 375 g/mol. The summed E-state index contributed by atoms with van der Waals surface area (Å²) >= 11 is 5.21. The lowest BCUT2D eigenvalue weighted by atomic mass is 10.1. The lowest BCUT2D eigenvalue weighted by Crippen LogP contribution is -2.47. The quantitative estimate of drug-likeness (QED) is 0.835. The summed E-state index contributed by atoms with van der Waals surface area (Å²) in [5, 5.41) is 6.55. The molecule has 2 rings (SSSR count). The highest BCUT2D eigenvalue weighted by Gasteiger charge is 2.29. The number of ether oxygens (including phenoxy) is 1. The first-order valence-electron chi connectivity index (χ1n) is 7.30. The van der Waals surface area contributed by atoms with E-state index in [9.17, 15) is 4.79 Å². The smallest absolute Gasteiger partial charge is 0.407 e. The second kappa shape index (κ2) is 7.11. The van der Waals surface area contributed by atoms with Crippen LogP contribution in [-0.4, -0.2) is 23.8 Å². The van der Waals surface area contributed by atoms with Gasteiger partial charge in [0.1, 0.15) is 5.60 Å². The summed E-state index contributed by atoms with van der Waals surface area (Å²) in [6.45, 7) is 6.48. The summed E-state index contributed by atoms with van der Waals surface area (Å²) in [4.78, 5) is 13.2. The van der Waals surface area contributed by atoms with Gasteiger partial charge in [-0.1, -0.05) is 0 Å². The Morgan fingerprint density at radius 2 is 2.10 bits per heavy atom. The molecule has 2 atom stereocenters. The Bertz CT molecular complexity index is 484. The highest BCUT2D eigenvalue weighted by Crippen LogP contribution is 2.24. The minimum Gasteiger partial charge on any atom is -0.444 e. The van der Waals surface area contributed by atoms with Gasteiger partial charge >= 0.3 is 6.09 Å². The second-order valence-corrected chi connectivity index (χ2v) is 8.92. The minimum atomic E-state index is -0.450. The van der Waals surface area contributed by atoms with Crippen molar-refractivity contribution in [1.82, 2.24) is 10.6 Å². The lowest BCUT2D eigenvalue weighted by Gasteiger charge is -2.25. The van der Waals surface area contributed by atoms with Crippen LogP contribution in [0.3, 0.4) is 0 Å². The molecule has 0 saturated heterocycles. The van der Waals surface area contributed by atoms with E-state index in [0.717, 1.165) is 29.6 Å². The van der Waals surface area contributed by atoms with Gasteiger partial charge in [-0.25, -0.2) is 4.79 Å². The van der Waals surface area contributed by atoms with Gasteiger partial charge < -0.3 is 15.4 Å². The number of rotatable bonds is 4. The zero-order valence-corrected chi connectivity index (χ0v) is 15.1. The summed E-state index contributed by atoms with van der Waals surface area (Å²) < 4.78 is 6.48. The minimum absolute atomic E-state index is 0.156. The number of nitrogens with one attached hydrogen (secondary N) is 2. The van der Waals surface area contributed by atoms with E-state index in [-0.39, 0.29) is 12.1 Å². The number of hydrogen-bond donors (Lipinski definition) is 2. The van der Waals surface area contributed by atoms with Gasteiger partial charge in [-0.2, -0.15) is 0 Å². The molecule has 118 valence electrons. The first kappa shape index (κ1) is 16.8. The van der Waals surface area contributed by atoms with Crippen LogP contribution in [0, 0.1) is 0 Å². The van der Waals surface area contributed by atoms with Crippen molar-refractivity contribution in [3.05, 3.63) is 20.8 Å². The van der Waals surface area contributed by atoms with E-state index in [0.29, 0.717) is 6.04 Å². The van der Waals surface area contributed by atoms with E-state index in [4.69, 9.17) is 4.74 Å². The SMILES string of the molecule is CC(C)(C)OC(=O)NC1CCCC1NCc1ccc(Br)s1. The number of hydrogen-bond acceptors (Lipinski definition) is 4. The number of amides is 1. The molecule has 0 aliphatic heterocycles. The topological polar surface area (TPSA) is 50.4 Å². The lowest BCUT2D eigenvalue weighted by molar-refractivity contribution is 0.0498. The molecule has 1 aromatic rings. The molecule has 1 saturated carbocycles. The van der Waals surface area contributed by atoms with Crippen molar-refractivity contribution >= 4 is 33.4 Å². The Kier molecular flexibility index (Phi) is 5.68. The van der Waals surface area contributed by atoms with Crippen molar-refractivity contribution in [2.75, 3.05) is 0 Å². The van der Waals surface area contributed by atoms with Crippen LogP contribution in [0.15, 0.2) is 15.9 Å². The van der Waals surface area contributed by atoms with E-state index in [1.165, 1.54) is 4.88 Å². The third kappa shape index (κ3) is 5.60. The van der Waals surface area contributed by atoms with Crippen LogP contribution in [0.5, 0.6) is 0 Å². The van der Waals surface area contributed by atoms with Gasteiger partial charge in [0.25, 0.3) is 0 Å². The molecule has 0 bridgehead atoms. The van der Waals surface area contributed by atoms with Gasteiger partial charge in [0.05, 0.1) is 3.79 Å². The van der Waals surface area contributed by atoms with Crippen LogP contribution in [0.4, 0.5) is 4.79 Å². The molecule has 1 amide bonds. The maximum absolute atomic E-state index is 11.9. The van der Waals surface area contributed by atoms with E-state index >= 15 is 0 Å². The van der Waals surface area contributed by atoms with Gasteiger partial charge in [0, 0.05) is 23.5 Å². The number of carbonyl (C=O) groups is 1. The molecule has 1 aromatic heterocycles. The summed E-state index contributed by atoms with van der Waals surface area (Å²) in [6, 6.07) is 4.65. The van der Waals surface area contributed by atoms with Crippen molar-refractivity contribution < 1.29 is 9.53 Å². The molecule has 0 radical (unpaired) electrons. The Labute approximate surface area is 138 Å². The highest BCUT2D eigenvalue weighted by atomic mass is 79.9. The normalized spacial score (nSPS) is 22.3. The molecule has 1 heterocycles. The predicted octanol–water partition coefficient (Wildman–Crippen LogP) is 4.05. The van der Waals surface area contributed by atoms with Gasteiger partial charge in [-0.05, 0) is 68.1 Å². The van der Waals surface area contributed by atoms with E-state index in [2.05, 4.69) is 38.7 Å². The molecule has 1 aliphatic carbocycles. The summed E-state index contributed by atoms with van der Waals surface area (Å²) in [6.07, 6.45) is 2.91. The van der Waals surface area contributed by atoms with Crippen molar-refractivity contribution in [2.24, 2.45) is 0 Å². The van der Waals surface area contributed by atoms with Crippen LogP contribution in [0.1, 0.15) is 44.9 Å². The number of thiophene rings is 1. The Morgan fingerprint density at radius 1 is 1.38 bits per heavy atom. The molecule has 1 fully saturated rings. The van der Waals surface area contributed by atoms with Crippen LogP contribution in [0.25, 0.3) is 0 Å². The molecular formula is C15H23BrN2O2S. The van der Waals surface area contributed by atoms with Crippen molar-refractivity contribution in [3.63, 3.8) is 0 Å². The van der Waals surface area contributed by atoms with Gasteiger partial charge in [-0.15, -0.1) is 11.3 Å². The summed E-state index contributed by atoms with van der Waals surface area (Å²) in [5.41, 5.74) is -0.450. The van der Waals surface area contributed by atoms with E-state index in [1.807, 2.05) is 20.8 Å². The average Bonchev–Trinajstić information content (AvgIpc) is 2.93. The van der Waals surface area contributed by atoms with E-state index < -0.39 is 5.60 Å². The maximum Gasteiger partial charge on any atom is 0.407 e. The fraction of sp³-hybridized carbons (Fsp3) is 0.667. The fourth-order valence-corrected chi connectivity index (χ4v) is 3.95. The maximum atomic E-state index is 11.9. The third-order valence-electron chi connectivity index (χ3n) is 3.39. The van der Waals surface area contributed by atoms with E-state index in [1.54, 1.807) is 11.3 Å². The van der Waals surface area contributed by atoms with Crippen LogP contribution >= 0.6 is 27.3 Å². The number of carbonyl (C=O) groups excluding carboxylic acids is 1. The Balaban J connectivity index is 1.81. The monoisotopic (exact) mass is 374 g/mol. The zero-order chi connectivity index (χ0) is 15.5. The van der Waals surface area contributed by atoms with Crippen LogP contribution in [-0.2, 0) is 11.3 Å². The molecule has 21 heavy (non-hydrogen) atoms. The third-order valence-corrected chi connectivity index (χ3v) is 5.01. The van der Waals surface area contributed by atoms with Crippen molar-refractivity contribution in [3.8, 4) is 0 Å². The number of alkyl carbamates (subject to hydrolysis) is 1. The fourth-order valence-electron chi connectivity index (χ4n) is 2.51. The van der Waals surface area contributed by atoms with Crippen LogP contribution in [0.2, 0.25) is 0 Å². The van der Waals surface area contributed by atoms with Gasteiger partial charge in [0.2, 0.25) is 0 Å². The molecular weight excluding hydrogens is 352 g/mol. The molecule has 6 heteroatoms. The largest absolute Gasteiger partial charge is 0.444 e.